The van der Waals surface area contributed by atoms with Crippen molar-refractivity contribution in [1.82, 2.24) is 15.5 Å². The van der Waals surface area contributed by atoms with Crippen LogP contribution in [0.2, 0.25) is 0 Å². The third-order valence-electron chi connectivity index (χ3n) is 3.52. The maximum Gasteiger partial charge on any atom is 0.315 e. The van der Waals surface area contributed by atoms with Crippen LogP contribution in [0.4, 0.5) is 4.79 Å². The van der Waals surface area contributed by atoms with Crippen molar-refractivity contribution in [1.29, 1.82) is 0 Å². The van der Waals surface area contributed by atoms with Crippen LogP contribution in [-0.2, 0) is 17.9 Å². The summed E-state index contributed by atoms with van der Waals surface area (Å²) in [5, 5.41) is 9.49. The molecule has 0 atom stereocenters. The number of hydrogen-bond acceptors (Lipinski definition) is 4. The van der Waals surface area contributed by atoms with E-state index in [0.29, 0.717) is 19.1 Å². The molecule has 0 aliphatic heterocycles. The molecule has 122 valence electrons. The number of urea groups is 1. The lowest BCUT2D eigenvalue weighted by molar-refractivity contribution is -0.131. The number of thiophene rings is 2. The summed E-state index contributed by atoms with van der Waals surface area (Å²) in [5.74, 6) is -0.0715. The van der Waals surface area contributed by atoms with Crippen molar-refractivity contribution < 1.29 is 9.59 Å². The molecule has 2 aromatic heterocycles. The van der Waals surface area contributed by atoms with E-state index in [4.69, 9.17) is 0 Å². The van der Waals surface area contributed by atoms with Gasteiger partial charge in [-0.2, -0.15) is 0 Å². The summed E-state index contributed by atoms with van der Waals surface area (Å²) in [6, 6.07) is 8.04. The third kappa shape index (κ3) is 5.07. The molecule has 3 amide bonds. The van der Waals surface area contributed by atoms with E-state index in [9.17, 15) is 9.59 Å². The first-order chi connectivity index (χ1) is 11.2. The standard InChI is InChI=1S/C16H19N3O2S2/c20-15(9-17-16(21)18-12-5-6-12)19(10-13-3-1-7-22-13)11-14-4-2-8-23-14/h1-4,7-8,12H,5-6,9-11H2,(H2,17,18,21). The van der Waals surface area contributed by atoms with Gasteiger partial charge < -0.3 is 15.5 Å². The van der Waals surface area contributed by atoms with Crippen LogP contribution in [0.15, 0.2) is 35.0 Å². The number of carbonyl (C=O) groups is 2. The normalized spacial score (nSPS) is 13.6. The van der Waals surface area contributed by atoms with Gasteiger partial charge in [0.1, 0.15) is 0 Å². The molecule has 2 aromatic rings. The number of amides is 3. The van der Waals surface area contributed by atoms with Crippen LogP contribution >= 0.6 is 22.7 Å². The summed E-state index contributed by atoms with van der Waals surface area (Å²) < 4.78 is 0. The van der Waals surface area contributed by atoms with Gasteiger partial charge in [0.05, 0.1) is 19.6 Å². The lowest BCUT2D eigenvalue weighted by Crippen LogP contribution is -2.43. The number of nitrogens with one attached hydrogen (secondary N) is 2. The molecule has 1 saturated carbocycles. The summed E-state index contributed by atoms with van der Waals surface area (Å²) in [7, 11) is 0. The molecule has 0 saturated heterocycles. The Morgan fingerprint density at radius 1 is 1.09 bits per heavy atom. The van der Waals surface area contributed by atoms with E-state index in [-0.39, 0.29) is 18.5 Å². The second-order valence-corrected chi connectivity index (χ2v) is 7.57. The van der Waals surface area contributed by atoms with Gasteiger partial charge in [0, 0.05) is 15.8 Å². The van der Waals surface area contributed by atoms with Gasteiger partial charge in [-0.15, -0.1) is 22.7 Å². The average Bonchev–Trinajstić information content (AvgIpc) is 3.02. The molecular formula is C16H19N3O2S2. The van der Waals surface area contributed by atoms with Crippen molar-refractivity contribution in [3.05, 3.63) is 44.8 Å². The fourth-order valence-electron chi connectivity index (χ4n) is 2.15. The molecule has 0 unspecified atom stereocenters. The minimum Gasteiger partial charge on any atom is -0.335 e. The second-order valence-electron chi connectivity index (χ2n) is 5.51. The highest BCUT2D eigenvalue weighted by molar-refractivity contribution is 7.10. The first-order valence-electron chi connectivity index (χ1n) is 7.57. The summed E-state index contributed by atoms with van der Waals surface area (Å²) in [6.07, 6.45) is 2.06. The number of hydrogen-bond donors (Lipinski definition) is 2. The molecule has 0 radical (unpaired) electrons. The van der Waals surface area contributed by atoms with E-state index in [0.717, 1.165) is 22.6 Å². The first kappa shape index (κ1) is 16.0. The van der Waals surface area contributed by atoms with Crippen LogP contribution in [0.1, 0.15) is 22.6 Å². The Hall–Kier alpha value is -1.86. The Morgan fingerprint density at radius 3 is 2.17 bits per heavy atom. The summed E-state index contributed by atoms with van der Waals surface area (Å²) in [6.45, 7) is 1.16. The number of rotatable bonds is 7. The zero-order valence-electron chi connectivity index (χ0n) is 12.7. The van der Waals surface area contributed by atoms with Crippen LogP contribution < -0.4 is 10.6 Å². The highest BCUT2D eigenvalue weighted by Gasteiger charge is 2.23. The van der Waals surface area contributed by atoms with E-state index in [1.807, 2.05) is 35.0 Å². The van der Waals surface area contributed by atoms with Gasteiger partial charge in [0.25, 0.3) is 0 Å². The van der Waals surface area contributed by atoms with Crippen LogP contribution in [0, 0.1) is 0 Å². The lowest BCUT2D eigenvalue weighted by Gasteiger charge is -2.22. The first-order valence-corrected chi connectivity index (χ1v) is 9.33. The Kier molecular flexibility index (Phi) is 5.30. The van der Waals surface area contributed by atoms with E-state index in [1.54, 1.807) is 27.6 Å². The molecule has 3 rings (SSSR count). The topological polar surface area (TPSA) is 61.4 Å². The Morgan fingerprint density at radius 2 is 1.70 bits per heavy atom. The predicted octanol–water partition coefficient (Wildman–Crippen LogP) is 2.80. The highest BCUT2D eigenvalue weighted by atomic mass is 32.1. The minimum atomic E-state index is -0.256. The SMILES string of the molecule is O=C(NCC(=O)N(Cc1cccs1)Cc1cccs1)NC1CC1. The molecule has 0 spiro atoms. The van der Waals surface area contributed by atoms with Crippen LogP contribution in [0.5, 0.6) is 0 Å². The zero-order chi connectivity index (χ0) is 16.1. The third-order valence-corrected chi connectivity index (χ3v) is 5.24. The van der Waals surface area contributed by atoms with Gasteiger partial charge in [-0.1, -0.05) is 12.1 Å². The smallest absolute Gasteiger partial charge is 0.315 e. The molecule has 2 heterocycles. The van der Waals surface area contributed by atoms with E-state index < -0.39 is 0 Å². The minimum absolute atomic E-state index is 0.0231. The van der Waals surface area contributed by atoms with Gasteiger partial charge in [-0.3, -0.25) is 4.79 Å². The van der Waals surface area contributed by atoms with E-state index in [2.05, 4.69) is 10.6 Å². The lowest BCUT2D eigenvalue weighted by atomic mass is 10.3. The van der Waals surface area contributed by atoms with E-state index in [1.165, 1.54) is 0 Å². The molecule has 23 heavy (non-hydrogen) atoms. The molecule has 0 aromatic carbocycles. The maximum absolute atomic E-state index is 12.5. The Balaban J connectivity index is 1.56. The fraction of sp³-hybridized carbons (Fsp3) is 0.375. The highest BCUT2D eigenvalue weighted by Crippen LogP contribution is 2.18. The molecule has 0 bridgehead atoms. The molecular weight excluding hydrogens is 330 g/mol. The Labute approximate surface area is 143 Å². The van der Waals surface area contributed by atoms with Crippen molar-refractivity contribution >= 4 is 34.6 Å². The van der Waals surface area contributed by atoms with Crippen molar-refractivity contribution in [2.75, 3.05) is 6.54 Å². The van der Waals surface area contributed by atoms with Crippen molar-refractivity contribution in [3.8, 4) is 0 Å². The van der Waals surface area contributed by atoms with Crippen molar-refractivity contribution in [2.45, 2.75) is 32.0 Å². The summed E-state index contributed by atoms with van der Waals surface area (Å²) in [5.41, 5.74) is 0. The zero-order valence-corrected chi connectivity index (χ0v) is 14.3. The monoisotopic (exact) mass is 349 g/mol. The summed E-state index contributed by atoms with van der Waals surface area (Å²) in [4.78, 5) is 28.2. The second kappa shape index (κ2) is 7.61. The largest absolute Gasteiger partial charge is 0.335 e. The van der Waals surface area contributed by atoms with E-state index >= 15 is 0 Å². The molecule has 2 N–H and O–H groups in total. The molecule has 1 fully saturated rings. The molecule has 1 aliphatic rings. The molecule has 7 heteroatoms. The summed E-state index contributed by atoms with van der Waals surface area (Å²) >= 11 is 3.26. The van der Waals surface area contributed by atoms with Crippen LogP contribution in [0.25, 0.3) is 0 Å². The van der Waals surface area contributed by atoms with Crippen LogP contribution in [0.3, 0.4) is 0 Å². The predicted molar refractivity (Wildman–Crippen MR) is 92.4 cm³/mol. The fourth-order valence-corrected chi connectivity index (χ4v) is 3.58. The van der Waals surface area contributed by atoms with Gasteiger partial charge >= 0.3 is 6.03 Å². The van der Waals surface area contributed by atoms with Crippen LogP contribution in [-0.4, -0.2) is 29.4 Å². The number of nitrogens with zero attached hydrogens (tertiary/aromatic N) is 1. The molecule has 5 nitrogen and oxygen atoms in total. The average molecular weight is 349 g/mol. The molecule has 1 aliphatic carbocycles. The van der Waals surface area contributed by atoms with Crippen molar-refractivity contribution in [3.63, 3.8) is 0 Å². The van der Waals surface area contributed by atoms with Crippen molar-refractivity contribution in [2.24, 2.45) is 0 Å². The number of carbonyl (C=O) groups excluding carboxylic acids is 2. The van der Waals surface area contributed by atoms with Gasteiger partial charge in [-0.05, 0) is 35.7 Å². The Bertz CT molecular complexity index is 600. The quantitative estimate of drug-likeness (QED) is 0.807. The van der Waals surface area contributed by atoms with Gasteiger partial charge in [0.15, 0.2) is 0 Å². The van der Waals surface area contributed by atoms with Gasteiger partial charge in [0.2, 0.25) is 5.91 Å². The maximum atomic E-state index is 12.5. The van der Waals surface area contributed by atoms with Gasteiger partial charge in [-0.25, -0.2) is 4.79 Å².